The highest BCUT2D eigenvalue weighted by atomic mass is 16.4. The second-order valence-corrected chi connectivity index (χ2v) is 6.27. The second-order valence-electron chi connectivity index (χ2n) is 6.27. The number of benzene rings is 1. The first-order chi connectivity index (χ1) is 12.5. The van der Waals surface area contributed by atoms with Gasteiger partial charge in [-0.3, -0.25) is 14.6 Å². The van der Waals surface area contributed by atoms with Gasteiger partial charge in [-0.05, 0) is 12.5 Å². The van der Waals surface area contributed by atoms with E-state index in [1.54, 1.807) is 28.7 Å². The molecule has 1 aromatic carbocycles. The summed E-state index contributed by atoms with van der Waals surface area (Å²) in [5.74, 6) is -1.87. The molecule has 134 valence electrons. The molecule has 1 atom stereocenters. The first-order valence-corrected chi connectivity index (χ1v) is 8.32. The predicted octanol–water partition coefficient (Wildman–Crippen LogP) is 2.40. The predicted molar refractivity (Wildman–Crippen MR) is 95.7 cm³/mol. The molecule has 1 amide bonds. The summed E-state index contributed by atoms with van der Waals surface area (Å²) in [6.07, 6.45) is 4.81. The first-order valence-electron chi connectivity index (χ1n) is 8.32. The zero-order valence-electron chi connectivity index (χ0n) is 14.7. The van der Waals surface area contributed by atoms with Gasteiger partial charge in [-0.1, -0.05) is 37.3 Å². The number of aromatic nitrogens is 3. The zero-order valence-corrected chi connectivity index (χ0v) is 14.7. The van der Waals surface area contributed by atoms with Crippen LogP contribution in [0.4, 0.5) is 0 Å². The van der Waals surface area contributed by atoms with Crippen molar-refractivity contribution in [2.75, 3.05) is 6.54 Å². The van der Waals surface area contributed by atoms with Gasteiger partial charge >= 0.3 is 5.97 Å². The zero-order chi connectivity index (χ0) is 18.7. The minimum atomic E-state index is -0.937. The number of aryl methyl sites for hydroxylation is 1. The van der Waals surface area contributed by atoms with Gasteiger partial charge < -0.3 is 10.0 Å². The van der Waals surface area contributed by atoms with Crippen LogP contribution in [0.2, 0.25) is 0 Å². The first kappa shape index (κ1) is 17.6. The number of carboxylic acid groups (broad SMARTS) is 1. The Morgan fingerprint density at radius 2 is 2.00 bits per heavy atom. The molecule has 0 saturated carbocycles. The smallest absolute Gasteiger partial charge is 0.308 e. The van der Waals surface area contributed by atoms with Crippen molar-refractivity contribution in [2.45, 2.75) is 20.4 Å². The van der Waals surface area contributed by atoms with Gasteiger partial charge in [-0.2, -0.15) is 5.10 Å². The molecule has 0 fully saturated rings. The number of carbonyl (C=O) groups is 2. The van der Waals surface area contributed by atoms with Crippen molar-refractivity contribution in [2.24, 2.45) is 5.92 Å². The molecule has 26 heavy (non-hydrogen) atoms. The third kappa shape index (κ3) is 3.56. The molecular weight excluding hydrogens is 332 g/mol. The molecule has 2 heterocycles. The number of fused-ring (bicyclic) bond motifs is 1. The van der Waals surface area contributed by atoms with Crippen molar-refractivity contribution in [3.8, 4) is 0 Å². The van der Waals surface area contributed by atoms with Crippen LogP contribution in [0.15, 0.2) is 48.9 Å². The molecule has 7 nitrogen and oxygen atoms in total. The van der Waals surface area contributed by atoms with Gasteiger partial charge in [0.05, 0.1) is 23.4 Å². The summed E-state index contributed by atoms with van der Waals surface area (Å²) in [6.45, 7) is 3.85. The van der Waals surface area contributed by atoms with E-state index in [2.05, 4.69) is 10.1 Å². The molecule has 1 N–H and O–H groups in total. The molecule has 1 unspecified atom stereocenters. The minimum Gasteiger partial charge on any atom is -0.481 e. The largest absolute Gasteiger partial charge is 0.481 e. The Hall–Kier alpha value is -3.22. The van der Waals surface area contributed by atoms with Crippen molar-refractivity contribution in [1.82, 2.24) is 19.5 Å². The Morgan fingerprint density at radius 3 is 2.69 bits per heavy atom. The van der Waals surface area contributed by atoms with Crippen molar-refractivity contribution in [3.63, 3.8) is 0 Å². The van der Waals surface area contributed by atoms with E-state index in [0.29, 0.717) is 23.3 Å². The number of nitrogens with zero attached hydrogens (tertiary/aromatic N) is 4. The molecule has 3 rings (SSSR count). The number of amides is 1. The summed E-state index contributed by atoms with van der Waals surface area (Å²) >= 11 is 0. The van der Waals surface area contributed by atoms with E-state index in [1.165, 1.54) is 6.20 Å². The summed E-state index contributed by atoms with van der Waals surface area (Å²) in [7, 11) is 0. The van der Waals surface area contributed by atoms with Crippen LogP contribution < -0.4 is 0 Å². The summed E-state index contributed by atoms with van der Waals surface area (Å²) < 4.78 is 1.61. The van der Waals surface area contributed by atoms with E-state index in [-0.39, 0.29) is 12.5 Å². The van der Waals surface area contributed by atoms with E-state index >= 15 is 0 Å². The molecule has 0 aliphatic carbocycles. The monoisotopic (exact) mass is 352 g/mol. The summed E-state index contributed by atoms with van der Waals surface area (Å²) in [5, 5.41) is 13.5. The van der Waals surface area contributed by atoms with Crippen LogP contribution in [-0.4, -0.2) is 43.0 Å². The molecule has 0 bridgehead atoms. The standard InChI is InChI=1S/C19H20N4O3/c1-13(19(25)26)11-22(12-15-6-4-3-5-7-15)18(24)16-10-21-23-9-8-20-14(2)17(16)23/h3-10,13H,11-12H2,1-2H3,(H,25,26). The summed E-state index contributed by atoms with van der Waals surface area (Å²) in [4.78, 5) is 30.3. The lowest BCUT2D eigenvalue weighted by Gasteiger charge is -2.24. The summed E-state index contributed by atoms with van der Waals surface area (Å²) in [6, 6.07) is 9.50. The Labute approximate surface area is 150 Å². The lowest BCUT2D eigenvalue weighted by Crippen LogP contribution is -2.36. The van der Waals surface area contributed by atoms with E-state index in [4.69, 9.17) is 0 Å². The van der Waals surface area contributed by atoms with Crippen molar-refractivity contribution < 1.29 is 14.7 Å². The Morgan fingerprint density at radius 1 is 1.27 bits per heavy atom. The lowest BCUT2D eigenvalue weighted by atomic mass is 10.1. The third-order valence-electron chi connectivity index (χ3n) is 4.26. The fourth-order valence-electron chi connectivity index (χ4n) is 2.86. The second kappa shape index (κ2) is 7.35. The highest BCUT2D eigenvalue weighted by Gasteiger charge is 2.25. The fourth-order valence-corrected chi connectivity index (χ4v) is 2.86. The average Bonchev–Trinajstić information content (AvgIpc) is 3.06. The molecule has 0 spiro atoms. The number of hydrogen-bond donors (Lipinski definition) is 1. The van der Waals surface area contributed by atoms with E-state index in [1.807, 2.05) is 37.3 Å². The Kier molecular flexibility index (Phi) is 4.97. The van der Waals surface area contributed by atoms with Crippen molar-refractivity contribution >= 4 is 17.4 Å². The summed E-state index contributed by atoms with van der Waals surface area (Å²) in [5.41, 5.74) is 2.69. The molecule has 0 aliphatic rings. The van der Waals surface area contributed by atoms with Crippen LogP contribution in [-0.2, 0) is 11.3 Å². The van der Waals surface area contributed by atoms with Crippen LogP contribution in [0.25, 0.3) is 5.52 Å². The van der Waals surface area contributed by atoms with Crippen LogP contribution in [0.3, 0.4) is 0 Å². The maximum absolute atomic E-state index is 13.2. The maximum atomic E-state index is 13.2. The number of aliphatic carboxylic acids is 1. The SMILES string of the molecule is Cc1nccn2ncc(C(=O)N(Cc3ccccc3)CC(C)C(=O)O)c12. The highest BCUT2D eigenvalue weighted by molar-refractivity contribution is 6.01. The van der Waals surface area contributed by atoms with E-state index in [9.17, 15) is 14.7 Å². The lowest BCUT2D eigenvalue weighted by molar-refractivity contribution is -0.141. The third-order valence-corrected chi connectivity index (χ3v) is 4.26. The average molecular weight is 352 g/mol. The molecule has 2 aromatic heterocycles. The Balaban J connectivity index is 1.96. The van der Waals surface area contributed by atoms with E-state index in [0.717, 1.165) is 5.56 Å². The maximum Gasteiger partial charge on any atom is 0.308 e. The molecule has 0 saturated heterocycles. The van der Waals surface area contributed by atoms with E-state index < -0.39 is 11.9 Å². The quantitative estimate of drug-likeness (QED) is 0.736. The molecule has 3 aromatic rings. The van der Waals surface area contributed by atoms with Crippen LogP contribution in [0.5, 0.6) is 0 Å². The van der Waals surface area contributed by atoms with Gasteiger partial charge in [0.2, 0.25) is 0 Å². The van der Waals surface area contributed by atoms with Crippen LogP contribution >= 0.6 is 0 Å². The topological polar surface area (TPSA) is 87.8 Å². The van der Waals surface area contributed by atoms with Crippen LogP contribution in [0, 0.1) is 12.8 Å². The molecule has 7 heteroatoms. The fraction of sp³-hybridized carbons (Fsp3) is 0.263. The van der Waals surface area contributed by atoms with Crippen molar-refractivity contribution in [1.29, 1.82) is 0 Å². The number of carbonyl (C=O) groups excluding carboxylic acids is 1. The van der Waals surface area contributed by atoms with Crippen LogP contribution in [0.1, 0.15) is 28.5 Å². The number of rotatable bonds is 6. The highest BCUT2D eigenvalue weighted by Crippen LogP contribution is 2.18. The normalized spacial score (nSPS) is 12.1. The Bertz CT molecular complexity index is 936. The minimum absolute atomic E-state index is 0.111. The molecular formula is C19H20N4O3. The number of hydrogen-bond acceptors (Lipinski definition) is 4. The van der Waals surface area contributed by atoms with Gasteiger partial charge in [-0.25, -0.2) is 4.52 Å². The number of carboxylic acids is 1. The van der Waals surface area contributed by atoms with Gasteiger partial charge in [0.1, 0.15) is 5.52 Å². The van der Waals surface area contributed by atoms with Gasteiger partial charge in [0.25, 0.3) is 5.91 Å². The molecule has 0 aliphatic heterocycles. The molecule has 0 radical (unpaired) electrons. The van der Waals surface area contributed by atoms with Gasteiger partial charge in [0, 0.05) is 25.5 Å². The van der Waals surface area contributed by atoms with Gasteiger partial charge in [0.15, 0.2) is 0 Å². The van der Waals surface area contributed by atoms with Crippen molar-refractivity contribution in [3.05, 3.63) is 65.7 Å². The van der Waals surface area contributed by atoms with Gasteiger partial charge in [-0.15, -0.1) is 0 Å².